The number of hydrogen-bond donors (Lipinski definition) is 2. The van der Waals surface area contributed by atoms with Crippen LogP contribution < -0.4 is 11.1 Å². The fourth-order valence-electron chi connectivity index (χ4n) is 2.02. The fourth-order valence-corrected chi connectivity index (χ4v) is 2.02. The topological polar surface area (TPSA) is 120 Å². The van der Waals surface area contributed by atoms with Crippen molar-refractivity contribution in [3.8, 4) is 0 Å². The number of para-hydroxylation sites is 2. The van der Waals surface area contributed by atoms with Gasteiger partial charge in [-0.2, -0.15) is 0 Å². The van der Waals surface area contributed by atoms with Gasteiger partial charge in [0, 0.05) is 6.42 Å². The molecular weight excluding hydrogens is 286 g/mol. The molecule has 1 atom stereocenters. The molecule has 1 unspecified atom stereocenters. The summed E-state index contributed by atoms with van der Waals surface area (Å²) in [4.78, 5) is 36.3. The number of carbonyl (C=O) groups excluding carboxylic acids is 2. The van der Waals surface area contributed by atoms with E-state index in [1.165, 1.54) is 6.20 Å². The second-order valence-electron chi connectivity index (χ2n) is 4.78. The average molecular weight is 299 g/mol. The molecule has 0 bridgehead atoms. The SMILES string of the molecule is NC(=O)C1CC(CNC(=O)c2cnc3ccccc3n2)=NO1. The van der Waals surface area contributed by atoms with Crippen LogP contribution in [-0.2, 0) is 9.63 Å². The molecule has 0 saturated carbocycles. The fraction of sp³-hybridized carbons (Fsp3) is 0.214. The summed E-state index contributed by atoms with van der Waals surface area (Å²) in [5.41, 5.74) is 7.24. The minimum atomic E-state index is -0.757. The van der Waals surface area contributed by atoms with Gasteiger partial charge in [0.15, 0.2) is 0 Å². The molecule has 3 N–H and O–H groups in total. The highest BCUT2D eigenvalue weighted by Gasteiger charge is 2.26. The van der Waals surface area contributed by atoms with E-state index in [4.69, 9.17) is 10.6 Å². The van der Waals surface area contributed by atoms with Gasteiger partial charge in [-0.1, -0.05) is 17.3 Å². The molecule has 0 spiro atoms. The predicted octanol–water partition coefficient (Wildman–Crippen LogP) is -0.0102. The molecule has 8 nitrogen and oxygen atoms in total. The van der Waals surface area contributed by atoms with E-state index in [0.29, 0.717) is 11.2 Å². The van der Waals surface area contributed by atoms with Crippen LogP contribution in [0.3, 0.4) is 0 Å². The number of nitrogens with one attached hydrogen (secondary N) is 1. The van der Waals surface area contributed by atoms with Crippen LogP contribution in [0.4, 0.5) is 0 Å². The Bertz CT molecular complexity index is 774. The Balaban J connectivity index is 1.63. The van der Waals surface area contributed by atoms with Crippen LogP contribution in [0.5, 0.6) is 0 Å². The van der Waals surface area contributed by atoms with Crippen LogP contribution in [0.15, 0.2) is 35.6 Å². The van der Waals surface area contributed by atoms with Crippen LogP contribution in [0.2, 0.25) is 0 Å². The highest BCUT2D eigenvalue weighted by molar-refractivity contribution is 5.99. The lowest BCUT2D eigenvalue weighted by molar-refractivity contribution is -0.127. The first kappa shape index (κ1) is 13.9. The van der Waals surface area contributed by atoms with Crippen LogP contribution >= 0.6 is 0 Å². The Morgan fingerprint density at radius 3 is 2.82 bits per heavy atom. The van der Waals surface area contributed by atoms with Gasteiger partial charge >= 0.3 is 0 Å². The molecule has 1 aromatic heterocycles. The van der Waals surface area contributed by atoms with E-state index in [1.54, 1.807) is 6.07 Å². The predicted molar refractivity (Wildman–Crippen MR) is 78.0 cm³/mol. The normalized spacial score (nSPS) is 16.9. The third-order valence-corrected chi connectivity index (χ3v) is 3.18. The number of benzene rings is 1. The third-order valence-electron chi connectivity index (χ3n) is 3.18. The molecule has 2 heterocycles. The number of rotatable bonds is 4. The number of aromatic nitrogens is 2. The maximum absolute atomic E-state index is 12.1. The number of carbonyl (C=O) groups is 2. The molecule has 0 radical (unpaired) electrons. The van der Waals surface area contributed by atoms with Gasteiger partial charge in [0.1, 0.15) is 5.69 Å². The Kier molecular flexibility index (Phi) is 3.65. The van der Waals surface area contributed by atoms with E-state index in [0.717, 1.165) is 5.52 Å². The molecule has 0 fully saturated rings. The Labute approximate surface area is 125 Å². The van der Waals surface area contributed by atoms with E-state index < -0.39 is 12.0 Å². The summed E-state index contributed by atoms with van der Waals surface area (Å²) in [7, 11) is 0. The Morgan fingerprint density at radius 2 is 2.09 bits per heavy atom. The van der Waals surface area contributed by atoms with Crippen molar-refractivity contribution in [3.63, 3.8) is 0 Å². The molecule has 0 saturated heterocycles. The van der Waals surface area contributed by atoms with E-state index in [9.17, 15) is 9.59 Å². The smallest absolute Gasteiger partial charge is 0.271 e. The lowest BCUT2D eigenvalue weighted by Crippen LogP contribution is -2.32. The van der Waals surface area contributed by atoms with Crippen molar-refractivity contribution in [2.75, 3.05) is 6.54 Å². The molecular formula is C14H13N5O3. The number of amides is 2. The average Bonchev–Trinajstić information content (AvgIpc) is 3.01. The van der Waals surface area contributed by atoms with Gasteiger partial charge in [-0.3, -0.25) is 14.6 Å². The summed E-state index contributed by atoms with van der Waals surface area (Å²) in [5, 5.41) is 6.38. The highest BCUT2D eigenvalue weighted by Crippen LogP contribution is 2.10. The van der Waals surface area contributed by atoms with Crippen molar-refractivity contribution in [3.05, 3.63) is 36.2 Å². The Morgan fingerprint density at radius 1 is 1.32 bits per heavy atom. The zero-order valence-electron chi connectivity index (χ0n) is 11.5. The van der Waals surface area contributed by atoms with Gasteiger partial charge in [0.05, 0.1) is 29.5 Å². The second-order valence-corrected chi connectivity index (χ2v) is 4.78. The molecule has 2 amide bonds. The maximum Gasteiger partial charge on any atom is 0.271 e. The van der Waals surface area contributed by atoms with Crippen molar-refractivity contribution in [2.24, 2.45) is 10.9 Å². The highest BCUT2D eigenvalue weighted by atomic mass is 16.6. The van der Waals surface area contributed by atoms with E-state index in [1.807, 2.05) is 18.2 Å². The van der Waals surface area contributed by atoms with Crippen molar-refractivity contribution < 1.29 is 14.4 Å². The van der Waals surface area contributed by atoms with Gasteiger partial charge in [-0.15, -0.1) is 0 Å². The van der Waals surface area contributed by atoms with Crippen molar-refractivity contribution in [2.45, 2.75) is 12.5 Å². The zero-order chi connectivity index (χ0) is 15.5. The molecule has 1 aromatic carbocycles. The Hall–Kier alpha value is -3.03. The van der Waals surface area contributed by atoms with Gasteiger partial charge < -0.3 is 15.9 Å². The number of nitrogens with two attached hydrogens (primary N) is 1. The van der Waals surface area contributed by atoms with E-state index in [2.05, 4.69) is 20.4 Å². The summed E-state index contributed by atoms with van der Waals surface area (Å²) in [5.74, 6) is -0.950. The first-order valence-electron chi connectivity index (χ1n) is 6.64. The molecule has 1 aliphatic heterocycles. The van der Waals surface area contributed by atoms with Gasteiger partial charge in [0.25, 0.3) is 11.8 Å². The molecule has 22 heavy (non-hydrogen) atoms. The second kappa shape index (κ2) is 5.76. The summed E-state index contributed by atoms with van der Waals surface area (Å²) in [6.07, 6.45) is 0.933. The maximum atomic E-state index is 12.1. The summed E-state index contributed by atoms with van der Waals surface area (Å²) in [6.45, 7) is 0.164. The summed E-state index contributed by atoms with van der Waals surface area (Å²) >= 11 is 0. The van der Waals surface area contributed by atoms with Gasteiger partial charge in [0.2, 0.25) is 6.10 Å². The zero-order valence-corrected chi connectivity index (χ0v) is 11.5. The molecule has 0 aliphatic carbocycles. The number of fused-ring (bicyclic) bond motifs is 1. The lowest BCUT2D eigenvalue weighted by Gasteiger charge is -2.04. The van der Waals surface area contributed by atoms with Crippen molar-refractivity contribution >= 4 is 28.6 Å². The summed E-state index contributed by atoms with van der Waals surface area (Å²) < 4.78 is 0. The first-order valence-corrected chi connectivity index (χ1v) is 6.64. The largest absolute Gasteiger partial charge is 0.382 e. The molecule has 112 valence electrons. The van der Waals surface area contributed by atoms with E-state index >= 15 is 0 Å². The van der Waals surface area contributed by atoms with Gasteiger partial charge in [-0.25, -0.2) is 4.98 Å². The van der Waals surface area contributed by atoms with Crippen LogP contribution in [0.1, 0.15) is 16.9 Å². The molecule has 2 aromatic rings. The van der Waals surface area contributed by atoms with E-state index in [-0.39, 0.29) is 24.6 Å². The number of nitrogens with zero attached hydrogens (tertiary/aromatic N) is 3. The quantitative estimate of drug-likeness (QED) is 0.822. The first-order chi connectivity index (χ1) is 10.6. The van der Waals surface area contributed by atoms with Crippen LogP contribution in [0.25, 0.3) is 11.0 Å². The van der Waals surface area contributed by atoms with Crippen molar-refractivity contribution in [1.29, 1.82) is 0 Å². The van der Waals surface area contributed by atoms with Crippen LogP contribution in [0, 0.1) is 0 Å². The summed E-state index contributed by atoms with van der Waals surface area (Å²) in [6, 6.07) is 7.28. The van der Waals surface area contributed by atoms with Crippen molar-refractivity contribution in [1.82, 2.24) is 15.3 Å². The molecule has 3 rings (SSSR count). The minimum Gasteiger partial charge on any atom is -0.382 e. The minimum absolute atomic E-state index is 0.164. The monoisotopic (exact) mass is 299 g/mol. The third kappa shape index (κ3) is 2.85. The number of hydrogen-bond acceptors (Lipinski definition) is 6. The van der Waals surface area contributed by atoms with Crippen LogP contribution in [-0.4, -0.2) is 40.1 Å². The number of oxime groups is 1. The lowest BCUT2D eigenvalue weighted by atomic mass is 10.2. The van der Waals surface area contributed by atoms with Gasteiger partial charge in [-0.05, 0) is 12.1 Å². The standard InChI is InChI=1S/C14H13N5O3/c15-13(20)12-5-8(19-22-12)6-17-14(21)11-7-16-9-3-1-2-4-10(9)18-11/h1-4,7,12H,5-6H2,(H2,15,20)(H,17,21). The number of primary amides is 1. The molecule has 8 heteroatoms. The molecule has 1 aliphatic rings.